The van der Waals surface area contributed by atoms with Gasteiger partial charge < -0.3 is 4.74 Å². The highest BCUT2D eigenvalue weighted by molar-refractivity contribution is 6.02. The third-order valence-electron chi connectivity index (χ3n) is 3.81. The molecule has 0 aliphatic carbocycles. The number of non-ortho nitro benzene ring substituents is 1. The highest BCUT2D eigenvalue weighted by Gasteiger charge is 2.20. The molecular weight excluding hydrogens is 334 g/mol. The van der Waals surface area contributed by atoms with Gasteiger partial charge in [0.2, 0.25) is 5.78 Å². The molecule has 1 atom stereocenters. The van der Waals surface area contributed by atoms with E-state index in [1.54, 1.807) is 12.1 Å². The number of esters is 1. The summed E-state index contributed by atoms with van der Waals surface area (Å²) in [5.41, 5.74) is 2.70. The van der Waals surface area contributed by atoms with Gasteiger partial charge in [-0.15, -0.1) is 0 Å². The van der Waals surface area contributed by atoms with Crippen molar-refractivity contribution in [1.82, 2.24) is 0 Å². The zero-order valence-electron chi connectivity index (χ0n) is 14.8. The van der Waals surface area contributed by atoms with Crippen LogP contribution in [0.1, 0.15) is 34.0 Å². The van der Waals surface area contributed by atoms with Crippen LogP contribution in [0.15, 0.2) is 48.5 Å². The van der Waals surface area contributed by atoms with Crippen LogP contribution < -0.4 is 0 Å². The Morgan fingerprint density at radius 3 is 2.58 bits per heavy atom. The lowest BCUT2D eigenvalue weighted by Gasteiger charge is -2.13. The Bertz CT molecular complexity index is 886. The minimum absolute atomic E-state index is 0.0704. The van der Waals surface area contributed by atoms with Crippen LogP contribution in [0, 0.1) is 24.0 Å². The van der Waals surface area contributed by atoms with Crippen LogP contribution in [0.5, 0.6) is 0 Å². The fourth-order valence-electron chi connectivity index (χ4n) is 2.39. The normalized spacial score (nSPS) is 12.0. The lowest BCUT2D eigenvalue weighted by Crippen LogP contribution is -2.24. The molecular formula is C20H19NO5. The van der Waals surface area contributed by atoms with Crippen LogP contribution >= 0.6 is 0 Å². The van der Waals surface area contributed by atoms with E-state index in [4.69, 9.17) is 4.74 Å². The maximum Gasteiger partial charge on any atom is 0.331 e. The van der Waals surface area contributed by atoms with Crippen LogP contribution in [0.25, 0.3) is 6.08 Å². The average molecular weight is 353 g/mol. The van der Waals surface area contributed by atoms with Gasteiger partial charge >= 0.3 is 5.97 Å². The van der Waals surface area contributed by atoms with Crippen molar-refractivity contribution >= 4 is 23.5 Å². The molecule has 0 aliphatic heterocycles. The minimum Gasteiger partial charge on any atom is -0.451 e. The fraction of sp³-hybridized carbons (Fsp3) is 0.200. The minimum atomic E-state index is -0.933. The first kappa shape index (κ1) is 19.1. The van der Waals surface area contributed by atoms with Crippen LogP contribution in [0.2, 0.25) is 0 Å². The molecule has 0 radical (unpaired) electrons. The van der Waals surface area contributed by atoms with Gasteiger partial charge in [-0.25, -0.2) is 4.79 Å². The first-order chi connectivity index (χ1) is 12.3. The molecule has 26 heavy (non-hydrogen) atoms. The van der Waals surface area contributed by atoms with Crippen LogP contribution in [0.4, 0.5) is 5.69 Å². The van der Waals surface area contributed by atoms with Gasteiger partial charge in [0.15, 0.2) is 6.10 Å². The third kappa shape index (κ3) is 4.86. The molecule has 0 saturated carbocycles. The molecule has 0 bridgehead atoms. The molecule has 0 aliphatic rings. The van der Waals surface area contributed by atoms with Crippen molar-refractivity contribution in [3.8, 4) is 0 Å². The third-order valence-corrected chi connectivity index (χ3v) is 3.81. The van der Waals surface area contributed by atoms with E-state index in [1.165, 1.54) is 31.2 Å². The van der Waals surface area contributed by atoms with Crippen molar-refractivity contribution < 1.29 is 19.2 Å². The largest absolute Gasteiger partial charge is 0.451 e. The van der Waals surface area contributed by atoms with Gasteiger partial charge in [0.25, 0.3) is 5.69 Å². The number of nitro groups is 1. The summed E-state index contributed by atoms with van der Waals surface area (Å²) < 4.78 is 5.15. The summed E-state index contributed by atoms with van der Waals surface area (Å²) in [6.07, 6.45) is 1.62. The molecule has 6 heteroatoms. The van der Waals surface area contributed by atoms with Gasteiger partial charge in [-0.1, -0.05) is 29.8 Å². The van der Waals surface area contributed by atoms with E-state index in [-0.39, 0.29) is 11.5 Å². The van der Waals surface area contributed by atoms with Crippen molar-refractivity contribution in [2.45, 2.75) is 26.9 Å². The first-order valence-corrected chi connectivity index (χ1v) is 8.02. The van der Waals surface area contributed by atoms with Crippen molar-refractivity contribution in [2.24, 2.45) is 0 Å². The lowest BCUT2D eigenvalue weighted by molar-refractivity contribution is -0.384. The van der Waals surface area contributed by atoms with E-state index < -0.39 is 17.0 Å². The summed E-state index contributed by atoms with van der Waals surface area (Å²) in [6.45, 7) is 5.22. The highest BCUT2D eigenvalue weighted by atomic mass is 16.6. The van der Waals surface area contributed by atoms with E-state index in [9.17, 15) is 19.7 Å². The highest BCUT2D eigenvalue weighted by Crippen LogP contribution is 2.16. The number of nitro benzene ring substituents is 1. The van der Waals surface area contributed by atoms with Crippen molar-refractivity contribution in [1.29, 1.82) is 0 Å². The summed E-state index contributed by atoms with van der Waals surface area (Å²) in [5.74, 6) is -0.967. The maximum absolute atomic E-state index is 12.5. The first-order valence-electron chi connectivity index (χ1n) is 8.02. The summed E-state index contributed by atoms with van der Waals surface area (Å²) >= 11 is 0. The molecule has 0 amide bonds. The number of benzene rings is 2. The Morgan fingerprint density at radius 1 is 1.15 bits per heavy atom. The molecule has 0 unspecified atom stereocenters. The standard InChI is InChI=1S/C20H19NO5/c1-13-7-8-14(2)18(11-13)20(23)15(3)26-19(22)10-9-16-5-4-6-17(12-16)21(24)25/h4-12,15H,1-3H3/b10-9+/t15-/m1/s1. The number of ether oxygens (including phenoxy) is 1. The van der Waals surface area contributed by atoms with Crippen molar-refractivity contribution in [3.63, 3.8) is 0 Å². The number of carbonyl (C=O) groups is 2. The Labute approximate surface area is 151 Å². The molecule has 0 aromatic heterocycles. The van der Waals surface area contributed by atoms with E-state index in [0.717, 1.165) is 17.2 Å². The van der Waals surface area contributed by atoms with Crippen molar-refractivity contribution in [2.75, 3.05) is 0 Å². The zero-order chi connectivity index (χ0) is 19.3. The summed E-state index contributed by atoms with van der Waals surface area (Å²) in [7, 11) is 0. The van der Waals surface area contributed by atoms with E-state index in [2.05, 4.69) is 0 Å². The van der Waals surface area contributed by atoms with Crippen LogP contribution in [-0.4, -0.2) is 22.8 Å². The zero-order valence-corrected chi connectivity index (χ0v) is 14.8. The van der Waals surface area contributed by atoms with Crippen LogP contribution in [-0.2, 0) is 9.53 Å². The van der Waals surface area contributed by atoms with Gasteiger partial charge in [-0.2, -0.15) is 0 Å². The average Bonchev–Trinajstić information content (AvgIpc) is 2.61. The van der Waals surface area contributed by atoms with Gasteiger partial charge in [-0.05, 0) is 44.0 Å². The fourth-order valence-corrected chi connectivity index (χ4v) is 2.39. The number of nitrogens with zero attached hydrogens (tertiary/aromatic N) is 1. The number of rotatable bonds is 6. The van der Waals surface area contributed by atoms with Gasteiger partial charge in [0.05, 0.1) is 4.92 Å². The second-order valence-electron chi connectivity index (χ2n) is 5.95. The van der Waals surface area contributed by atoms with Crippen LogP contribution in [0.3, 0.4) is 0 Å². The topological polar surface area (TPSA) is 86.5 Å². The summed E-state index contributed by atoms with van der Waals surface area (Å²) in [6, 6.07) is 11.4. The maximum atomic E-state index is 12.5. The lowest BCUT2D eigenvalue weighted by atomic mass is 9.99. The molecule has 0 spiro atoms. The predicted molar refractivity (Wildman–Crippen MR) is 97.9 cm³/mol. The summed E-state index contributed by atoms with van der Waals surface area (Å²) in [5, 5.41) is 10.8. The molecule has 0 N–H and O–H groups in total. The Balaban J connectivity index is 2.05. The van der Waals surface area contributed by atoms with Gasteiger partial charge in [0.1, 0.15) is 0 Å². The second-order valence-corrected chi connectivity index (χ2v) is 5.95. The Kier molecular flexibility index (Phi) is 6.01. The number of ketones is 1. The number of carbonyl (C=O) groups excluding carboxylic acids is 2. The van der Waals surface area contributed by atoms with Crippen molar-refractivity contribution in [3.05, 3.63) is 80.9 Å². The molecule has 2 rings (SSSR count). The SMILES string of the molecule is Cc1ccc(C)c(C(=O)[C@@H](C)OC(=O)/C=C/c2cccc([N+](=O)[O-])c2)c1. The van der Waals surface area contributed by atoms with E-state index >= 15 is 0 Å². The Morgan fingerprint density at radius 2 is 1.88 bits per heavy atom. The number of hydrogen-bond acceptors (Lipinski definition) is 5. The number of hydrogen-bond donors (Lipinski definition) is 0. The van der Waals surface area contributed by atoms with E-state index in [0.29, 0.717) is 11.1 Å². The molecule has 0 heterocycles. The second kappa shape index (κ2) is 8.20. The van der Waals surface area contributed by atoms with Gasteiger partial charge in [-0.3, -0.25) is 14.9 Å². The molecule has 2 aromatic rings. The molecule has 0 fully saturated rings. The van der Waals surface area contributed by atoms with Gasteiger partial charge in [0, 0.05) is 23.8 Å². The monoisotopic (exact) mass is 353 g/mol. The summed E-state index contributed by atoms with van der Waals surface area (Å²) in [4.78, 5) is 34.6. The molecule has 2 aromatic carbocycles. The molecule has 134 valence electrons. The van der Waals surface area contributed by atoms with E-state index in [1.807, 2.05) is 26.0 Å². The quantitative estimate of drug-likeness (QED) is 0.257. The number of aryl methyl sites for hydroxylation is 2. The smallest absolute Gasteiger partial charge is 0.331 e. The predicted octanol–water partition coefficient (Wildman–Crippen LogP) is 4.04. The Hall–Kier alpha value is -3.28. The molecule has 6 nitrogen and oxygen atoms in total. The molecule has 0 saturated heterocycles. The number of Topliss-reactive ketones (excluding diaryl/α,β-unsaturated/α-hetero) is 1.